The highest BCUT2D eigenvalue weighted by Crippen LogP contribution is 2.30. The maximum absolute atomic E-state index is 12.9. The number of halogens is 4. The van der Waals surface area contributed by atoms with E-state index in [4.69, 9.17) is 0 Å². The predicted octanol–water partition coefficient (Wildman–Crippen LogP) is 2.59. The summed E-state index contributed by atoms with van der Waals surface area (Å²) in [6.07, 6.45) is -4.66. The zero-order chi connectivity index (χ0) is 12.3. The van der Waals surface area contributed by atoms with Crippen molar-refractivity contribution in [3.8, 4) is 0 Å². The van der Waals surface area contributed by atoms with Gasteiger partial charge in [-0.1, -0.05) is 0 Å². The summed E-state index contributed by atoms with van der Waals surface area (Å²) in [6.45, 7) is 1.87. The van der Waals surface area contributed by atoms with Crippen molar-refractivity contribution in [2.75, 3.05) is 6.54 Å². The maximum atomic E-state index is 12.9. The van der Waals surface area contributed by atoms with Crippen molar-refractivity contribution in [2.45, 2.75) is 13.1 Å². The van der Waals surface area contributed by atoms with Crippen molar-refractivity contribution in [2.24, 2.45) is 0 Å². The first-order valence-electron chi connectivity index (χ1n) is 4.50. The number of amides is 1. The minimum absolute atomic E-state index is 0.261. The van der Waals surface area contributed by atoms with Crippen LogP contribution >= 0.6 is 0 Å². The second-order valence-electron chi connectivity index (χ2n) is 3.09. The lowest BCUT2D eigenvalue weighted by atomic mass is 10.1. The Kier molecular flexibility index (Phi) is 3.51. The van der Waals surface area contributed by atoms with Crippen molar-refractivity contribution in [3.05, 3.63) is 35.1 Å². The molecule has 0 atom stereocenters. The van der Waals surface area contributed by atoms with Gasteiger partial charge in [-0.05, 0) is 25.1 Å². The van der Waals surface area contributed by atoms with Crippen LogP contribution in [0.4, 0.5) is 17.6 Å². The van der Waals surface area contributed by atoms with Crippen molar-refractivity contribution in [1.82, 2.24) is 5.32 Å². The molecule has 1 N–H and O–H groups in total. The van der Waals surface area contributed by atoms with Crippen molar-refractivity contribution in [3.63, 3.8) is 0 Å². The zero-order valence-electron chi connectivity index (χ0n) is 8.36. The summed E-state index contributed by atoms with van der Waals surface area (Å²) in [4.78, 5) is 11.2. The third-order valence-corrected chi connectivity index (χ3v) is 1.82. The van der Waals surface area contributed by atoms with Crippen LogP contribution in [0.5, 0.6) is 0 Å². The Bertz CT molecular complexity index is 400. The van der Waals surface area contributed by atoms with Crippen LogP contribution in [0.15, 0.2) is 18.2 Å². The van der Waals surface area contributed by atoms with E-state index in [-0.39, 0.29) is 12.1 Å². The monoisotopic (exact) mass is 235 g/mol. The van der Waals surface area contributed by atoms with E-state index in [2.05, 4.69) is 5.32 Å². The Balaban J connectivity index is 3.13. The highest BCUT2D eigenvalue weighted by Gasteiger charge is 2.31. The first-order chi connectivity index (χ1) is 7.34. The van der Waals surface area contributed by atoms with Crippen LogP contribution in [0.1, 0.15) is 22.8 Å². The Morgan fingerprint density at radius 2 is 1.94 bits per heavy atom. The van der Waals surface area contributed by atoms with Crippen molar-refractivity contribution in [1.29, 1.82) is 0 Å². The van der Waals surface area contributed by atoms with Gasteiger partial charge in [-0.3, -0.25) is 4.79 Å². The minimum Gasteiger partial charge on any atom is -0.352 e. The fraction of sp³-hybridized carbons (Fsp3) is 0.300. The van der Waals surface area contributed by atoms with Crippen LogP contribution in [0, 0.1) is 5.82 Å². The molecule has 0 aromatic heterocycles. The van der Waals surface area contributed by atoms with Gasteiger partial charge in [0, 0.05) is 12.1 Å². The molecule has 1 aromatic rings. The summed E-state index contributed by atoms with van der Waals surface area (Å²) in [5.74, 6) is -1.82. The molecule has 0 saturated heterocycles. The van der Waals surface area contributed by atoms with Crippen LogP contribution in [0.3, 0.4) is 0 Å². The molecule has 0 heterocycles. The van der Waals surface area contributed by atoms with Gasteiger partial charge in [-0.15, -0.1) is 0 Å². The lowest BCUT2D eigenvalue weighted by molar-refractivity contribution is -0.137. The average Bonchev–Trinajstić information content (AvgIpc) is 2.16. The molecule has 0 aliphatic carbocycles. The van der Waals surface area contributed by atoms with Gasteiger partial charge in [0.15, 0.2) is 0 Å². The topological polar surface area (TPSA) is 29.1 Å². The van der Waals surface area contributed by atoms with Crippen LogP contribution < -0.4 is 5.32 Å². The third kappa shape index (κ3) is 2.95. The van der Waals surface area contributed by atoms with E-state index in [0.717, 1.165) is 6.07 Å². The lowest BCUT2D eigenvalue weighted by Crippen LogP contribution is -2.23. The van der Waals surface area contributed by atoms with Crippen LogP contribution in [0.25, 0.3) is 0 Å². The SMILES string of the molecule is CCNC(=O)c1cc(F)cc(C(F)(F)F)c1. The van der Waals surface area contributed by atoms with E-state index in [9.17, 15) is 22.4 Å². The van der Waals surface area contributed by atoms with Gasteiger partial charge in [0.2, 0.25) is 0 Å². The molecule has 0 saturated carbocycles. The molecule has 16 heavy (non-hydrogen) atoms. The highest BCUT2D eigenvalue weighted by molar-refractivity contribution is 5.94. The van der Waals surface area contributed by atoms with E-state index >= 15 is 0 Å². The maximum Gasteiger partial charge on any atom is 0.416 e. The summed E-state index contributed by atoms with van der Waals surface area (Å²) in [5.41, 5.74) is -1.51. The highest BCUT2D eigenvalue weighted by atomic mass is 19.4. The fourth-order valence-electron chi connectivity index (χ4n) is 1.15. The molecular weight excluding hydrogens is 226 g/mol. The standard InChI is InChI=1S/C10H9F4NO/c1-2-15-9(16)6-3-7(10(12,13)14)5-8(11)4-6/h3-5H,2H2,1H3,(H,15,16). The van der Waals surface area contributed by atoms with Gasteiger partial charge >= 0.3 is 6.18 Å². The zero-order valence-corrected chi connectivity index (χ0v) is 8.36. The molecule has 0 unspecified atom stereocenters. The molecule has 1 aromatic carbocycles. The third-order valence-electron chi connectivity index (χ3n) is 1.82. The quantitative estimate of drug-likeness (QED) is 0.784. The second-order valence-corrected chi connectivity index (χ2v) is 3.09. The summed E-state index contributed by atoms with van der Waals surface area (Å²) in [7, 11) is 0. The molecule has 0 aliphatic rings. The Morgan fingerprint density at radius 1 is 1.31 bits per heavy atom. The molecule has 0 fully saturated rings. The molecule has 0 spiro atoms. The summed E-state index contributed by atoms with van der Waals surface area (Å²) in [5, 5.41) is 2.29. The minimum atomic E-state index is -4.66. The smallest absolute Gasteiger partial charge is 0.352 e. The van der Waals surface area contributed by atoms with Gasteiger partial charge in [-0.2, -0.15) is 13.2 Å². The van der Waals surface area contributed by atoms with Crippen molar-refractivity contribution < 1.29 is 22.4 Å². The molecule has 2 nitrogen and oxygen atoms in total. The molecule has 0 bridgehead atoms. The number of carbonyl (C=O) groups excluding carboxylic acids is 1. The fourth-order valence-corrected chi connectivity index (χ4v) is 1.15. The Labute approximate surface area is 89.3 Å². The number of alkyl halides is 3. The van der Waals surface area contributed by atoms with E-state index in [1.165, 1.54) is 0 Å². The molecule has 1 amide bonds. The first-order valence-corrected chi connectivity index (χ1v) is 4.50. The van der Waals surface area contributed by atoms with Gasteiger partial charge < -0.3 is 5.32 Å². The Hall–Kier alpha value is -1.59. The Morgan fingerprint density at radius 3 is 2.44 bits per heavy atom. The summed E-state index contributed by atoms with van der Waals surface area (Å²) < 4.78 is 49.8. The van der Waals surface area contributed by atoms with Gasteiger partial charge in [0.05, 0.1) is 5.56 Å². The van der Waals surface area contributed by atoms with Gasteiger partial charge in [-0.25, -0.2) is 4.39 Å². The number of benzene rings is 1. The van der Waals surface area contributed by atoms with Gasteiger partial charge in [0.25, 0.3) is 5.91 Å². The molecule has 0 radical (unpaired) electrons. The van der Waals surface area contributed by atoms with E-state index < -0.39 is 23.5 Å². The number of hydrogen-bond donors (Lipinski definition) is 1. The molecule has 0 aliphatic heterocycles. The molecule has 6 heteroatoms. The van der Waals surface area contributed by atoms with E-state index in [1.807, 2.05) is 0 Å². The largest absolute Gasteiger partial charge is 0.416 e. The summed E-state index contributed by atoms with van der Waals surface area (Å²) in [6, 6.07) is 1.73. The summed E-state index contributed by atoms with van der Waals surface area (Å²) >= 11 is 0. The van der Waals surface area contributed by atoms with Crippen molar-refractivity contribution >= 4 is 5.91 Å². The lowest BCUT2D eigenvalue weighted by Gasteiger charge is -2.09. The molecular formula is C10H9F4NO. The van der Waals surface area contributed by atoms with E-state index in [1.54, 1.807) is 6.92 Å². The number of nitrogens with one attached hydrogen (secondary N) is 1. The molecule has 88 valence electrons. The molecule has 1 rings (SSSR count). The van der Waals surface area contributed by atoms with Crippen LogP contribution in [0.2, 0.25) is 0 Å². The average molecular weight is 235 g/mol. The number of rotatable bonds is 2. The first kappa shape index (κ1) is 12.5. The second kappa shape index (κ2) is 4.51. The number of hydrogen-bond acceptors (Lipinski definition) is 1. The normalized spacial score (nSPS) is 11.3. The van der Waals surface area contributed by atoms with E-state index in [0.29, 0.717) is 12.1 Å². The predicted molar refractivity (Wildman–Crippen MR) is 49.4 cm³/mol. The van der Waals surface area contributed by atoms with Crippen LogP contribution in [-0.4, -0.2) is 12.5 Å². The van der Waals surface area contributed by atoms with Crippen LogP contribution in [-0.2, 0) is 6.18 Å². The van der Waals surface area contributed by atoms with Gasteiger partial charge in [0.1, 0.15) is 5.82 Å². The number of carbonyl (C=O) groups is 1.